The van der Waals surface area contributed by atoms with E-state index in [1.165, 1.54) is 6.20 Å². The smallest absolute Gasteiger partial charge is 0.118 e. The summed E-state index contributed by atoms with van der Waals surface area (Å²) in [6.45, 7) is 11.6. The summed E-state index contributed by atoms with van der Waals surface area (Å²) in [6, 6.07) is 0. The molecule has 16 heavy (non-hydrogen) atoms. The number of aliphatic imine (C=N–C) groups is 1. The molecule has 0 saturated carbocycles. The monoisotopic (exact) mass is 229 g/mol. The molecule has 1 fully saturated rings. The second-order valence-corrected chi connectivity index (χ2v) is 3.34. The number of halogens is 1. The summed E-state index contributed by atoms with van der Waals surface area (Å²) in [4.78, 5) is 6.26. The van der Waals surface area contributed by atoms with Gasteiger partial charge >= 0.3 is 0 Å². The summed E-state index contributed by atoms with van der Waals surface area (Å²) in [7, 11) is 0. The minimum Gasteiger partial charge on any atom is -0.358 e. The number of allylic oxidation sites excluding steroid dienone is 1. The maximum atomic E-state index is 12.8. The largest absolute Gasteiger partial charge is 0.358 e. The molecule has 3 nitrogen and oxygen atoms in total. The van der Waals surface area contributed by atoms with Crippen LogP contribution in [0.2, 0.25) is 0 Å². The summed E-state index contributed by atoms with van der Waals surface area (Å²) in [5.41, 5.74) is 0. The molecule has 1 aliphatic heterocycles. The van der Waals surface area contributed by atoms with Gasteiger partial charge in [-0.15, -0.1) is 0 Å². The van der Waals surface area contributed by atoms with Crippen molar-refractivity contribution in [3.8, 4) is 0 Å². The molecule has 0 aliphatic carbocycles. The van der Waals surface area contributed by atoms with Crippen LogP contribution in [0.5, 0.6) is 0 Å². The van der Waals surface area contributed by atoms with Crippen molar-refractivity contribution in [3.63, 3.8) is 0 Å². The quantitative estimate of drug-likeness (QED) is 0.582. The Morgan fingerprint density at radius 3 is 2.44 bits per heavy atom. The van der Waals surface area contributed by atoms with Crippen LogP contribution in [0, 0.1) is 0 Å². The fourth-order valence-corrected chi connectivity index (χ4v) is 1.32. The minimum absolute atomic E-state index is 0.167. The van der Waals surface area contributed by atoms with Crippen LogP contribution in [0.1, 0.15) is 34.1 Å². The van der Waals surface area contributed by atoms with E-state index in [9.17, 15) is 4.39 Å². The molecule has 1 rings (SSSR count). The highest BCUT2D eigenvalue weighted by atomic mass is 19.1. The number of nitrogens with zero attached hydrogens (tertiary/aromatic N) is 2. The van der Waals surface area contributed by atoms with Gasteiger partial charge in [-0.2, -0.15) is 0 Å². The molecule has 1 N–H and O–H groups in total. The standard InChI is InChI=1S/C10H18FN3.C2H6/c1-3-10(11)8-13-9(2)14-6-4-12-5-7-14;1-2/h8,12H,3-7H2,1-2H3;1-2H3/b10-8+,13-9?;. The Labute approximate surface area is 98.4 Å². The third-order valence-electron chi connectivity index (χ3n) is 2.30. The predicted molar refractivity (Wildman–Crippen MR) is 68.4 cm³/mol. The van der Waals surface area contributed by atoms with Crippen LogP contribution in [-0.4, -0.2) is 36.9 Å². The Balaban J connectivity index is 0.00000106. The Morgan fingerprint density at radius 2 is 1.94 bits per heavy atom. The molecule has 94 valence electrons. The average Bonchev–Trinajstić information content (AvgIpc) is 2.38. The molecular weight excluding hydrogens is 205 g/mol. The fraction of sp³-hybridized carbons (Fsp3) is 0.750. The van der Waals surface area contributed by atoms with Crippen molar-refractivity contribution in [3.05, 3.63) is 12.0 Å². The van der Waals surface area contributed by atoms with E-state index in [1.807, 2.05) is 20.8 Å². The second-order valence-electron chi connectivity index (χ2n) is 3.34. The first-order valence-corrected chi connectivity index (χ1v) is 6.08. The first kappa shape index (κ1) is 15.1. The van der Waals surface area contributed by atoms with Crippen molar-refractivity contribution in [1.82, 2.24) is 10.2 Å². The molecule has 0 aromatic carbocycles. The lowest BCUT2D eigenvalue weighted by Gasteiger charge is -2.28. The summed E-state index contributed by atoms with van der Waals surface area (Å²) in [5, 5.41) is 3.26. The van der Waals surface area contributed by atoms with Gasteiger partial charge in [-0.3, -0.25) is 0 Å². The van der Waals surface area contributed by atoms with Gasteiger partial charge in [0.25, 0.3) is 0 Å². The van der Waals surface area contributed by atoms with E-state index in [0.29, 0.717) is 6.42 Å². The van der Waals surface area contributed by atoms with E-state index in [-0.39, 0.29) is 5.83 Å². The number of rotatable bonds is 2. The fourth-order valence-electron chi connectivity index (χ4n) is 1.32. The van der Waals surface area contributed by atoms with Gasteiger partial charge in [-0.05, 0) is 13.3 Å². The van der Waals surface area contributed by atoms with Gasteiger partial charge in [0.15, 0.2) is 0 Å². The van der Waals surface area contributed by atoms with Gasteiger partial charge in [0.1, 0.15) is 11.7 Å². The molecule has 0 aromatic rings. The van der Waals surface area contributed by atoms with Crippen LogP contribution >= 0.6 is 0 Å². The second kappa shape index (κ2) is 9.33. The van der Waals surface area contributed by atoms with E-state index < -0.39 is 0 Å². The molecule has 4 heteroatoms. The topological polar surface area (TPSA) is 27.6 Å². The molecule has 1 aliphatic rings. The average molecular weight is 229 g/mol. The lowest BCUT2D eigenvalue weighted by atomic mass is 10.3. The van der Waals surface area contributed by atoms with Gasteiger partial charge in [0.05, 0.1) is 6.20 Å². The van der Waals surface area contributed by atoms with Crippen LogP contribution in [-0.2, 0) is 0 Å². The molecule has 0 amide bonds. The van der Waals surface area contributed by atoms with Crippen molar-refractivity contribution in [2.24, 2.45) is 4.99 Å². The van der Waals surface area contributed by atoms with E-state index in [1.54, 1.807) is 6.92 Å². The lowest BCUT2D eigenvalue weighted by Crippen LogP contribution is -2.45. The molecule has 0 spiro atoms. The Kier molecular flexibility index (Phi) is 8.81. The third-order valence-corrected chi connectivity index (χ3v) is 2.30. The van der Waals surface area contributed by atoms with Crippen LogP contribution in [0.25, 0.3) is 0 Å². The summed E-state index contributed by atoms with van der Waals surface area (Å²) in [6.07, 6.45) is 1.73. The SMILES string of the molecule is CC.CC/C(F)=C\N=C(C)N1CCNCC1. The van der Waals surface area contributed by atoms with Gasteiger partial charge in [-0.1, -0.05) is 20.8 Å². The van der Waals surface area contributed by atoms with Crippen molar-refractivity contribution >= 4 is 5.84 Å². The maximum Gasteiger partial charge on any atom is 0.118 e. The van der Waals surface area contributed by atoms with E-state index >= 15 is 0 Å². The van der Waals surface area contributed by atoms with Crippen LogP contribution in [0.15, 0.2) is 17.0 Å². The van der Waals surface area contributed by atoms with Crippen LogP contribution in [0.4, 0.5) is 4.39 Å². The van der Waals surface area contributed by atoms with Crippen molar-refractivity contribution in [1.29, 1.82) is 0 Å². The highest BCUT2D eigenvalue weighted by Crippen LogP contribution is 2.02. The van der Waals surface area contributed by atoms with Gasteiger partial charge in [0.2, 0.25) is 0 Å². The zero-order valence-corrected chi connectivity index (χ0v) is 10.9. The number of hydrogen-bond donors (Lipinski definition) is 1. The van der Waals surface area contributed by atoms with Crippen LogP contribution < -0.4 is 5.32 Å². The Bertz CT molecular complexity index is 230. The van der Waals surface area contributed by atoms with E-state index in [2.05, 4.69) is 15.2 Å². The lowest BCUT2D eigenvalue weighted by molar-refractivity contribution is 0.355. The molecule has 0 bridgehead atoms. The molecule has 0 radical (unpaired) electrons. The third kappa shape index (κ3) is 5.85. The molecule has 1 saturated heterocycles. The number of piperazine rings is 1. The number of nitrogens with one attached hydrogen (secondary N) is 1. The predicted octanol–water partition coefficient (Wildman–Crippen LogP) is 2.56. The summed E-state index contributed by atoms with van der Waals surface area (Å²) >= 11 is 0. The Hall–Kier alpha value is -0.900. The van der Waals surface area contributed by atoms with Crippen molar-refractivity contribution in [2.45, 2.75) is 34.1 Å². The Morgan fingerprint density at radius 1 is 1.38 bits per heavy atom. The molecular formula is C12H24FN3. The number of amidine groups is 1. The molecule has 0 atom stereocenters. The first-order valence-electron chi connectivity index (χ1n) is 6.08. The summed E-state index contributed by atoms with van der Waals surface area (Å²) in [5.74, 6) is 0.731. The van der Waals surface area contributed by atoms with Gasteiger partial charge in [0, 0.05) is 26.2 Å². The van der Waals surface area contributed by atoms with Gasteiger partial charge in [-0.25, -0.2) is 9.38 Å². The van der Waals surface area contributed by atoms with Gasteiger partial charge < -0.3 is 10.2 Å². The van der Waals surface area contributed by atoms with Crippen LogP contribution in [0.3, 0.4) is 0 Å². The van der Waals surface area contributed by atoms with Crippen molar-refractivity contribution in [2.75, 3.05) is 26.2 Å². The highest BCUT2D eigenvalue weighted by molar-refractivity contribution is 5.80. The van der Waals surface area contributed by atoms with E-state index in [4.69, 9.17) is 0 Å². The zero-order valence-electron chi connectivity index (χ0n) is 10.9. The number of hydrogen-bond acceptors (Lipinski definition) is 2. The van der Waals surface area contributed by atoms with E-state index in [0.717, 1.165) is 32.0 Å². The summed E-state index contributed by atoms with van der Waals surface area (Å²) < 4.78 is 12.8. The zero-order chi connectivity index (χ0) is 12.4. The normalized spacial score (nSPS) is 17.9. The highest BCUT2D eigenvalue weighted by Gasteiger charge is 2.09. The molecule has 1 heterocycles. The van der Waals surface area contributed by atoms with Crippen molar-refractivity contribution < 1.29 is 4.39 Å². The first-order chi connectivity index (χ1) is 7.74. The minimum atomic E-state index is -0.167. The molecule has 0 unspecified atom stereocenters. The molecule has 0 aromatic heterocycles. The maximum absolute atomic E-state index is 12.8.